The lowest BCUT2D eigenvalue weighted by Gasteiger charge is -2.07. The van der Waals surface area contributed by atoms with Gasteiger partial charge in [-0.2, -0.15) is 0 Å². The Labute approximate surface area is 63.6 Å². The van der Waals surface area contributed by atoms with Gasteiger partial charge in [-0.05, 0) is 32.1 Å². The van der Waals surface area contributed by atoms with E-state index in [4.69, 9.17) is 0 Å². The third-order valence-corrected chi connectivity index (χ3v) is 2.01. The van der Waals surface area contributed by atoms with Gasteiger partial charge in [0.1, 0.15) is 0 Å². The van der Waals surface area contributed by atoms with E-state index >= 15 is 0 Å². The maximum absolute atomic E-state index is 2.37. The Kier molecular flexibility index (Phi) is 2.73. The molecule has 1 aliphatic rings. The maximum atomic E-state index is 2.37. The Balaban J connectivity index is 2.51. The molecule has 0 spiro atoms. The predicted octanol–water partition coefficient (Wildman–Crippen LogP) is 3.31. The second-order valence-electron chi connectivity index (χ2n) is 3.23. The highest BCUT2D eigenvalue weighted by molar-refractivity contribution is 5.05. The quantitative estimate of drug-likeness (QED) is 0.448. The molecule has 0 aliphatic heterocycles. The highest BCUT2D eigenvalue weighted by Crippen LogP contribution is 2.14. The molecule has 0 aromatic carbocycles. The zero-order valence-electron chi connectivity index (χ0n) is 6.93. The molecular weight excluding hydrogens is 120 g/mol. The first-order valence-electron chi connectivity index (χ1n) is 4.11. The van der Waals surface area contributed by atoms with Crippen LogP contribution in [0, 0.1) is 5.92 Å². The largest absolute Gasteiger partial charge is 0.0879 e. The zero-order chi connectivity index (χ0) is 7.40. The van der Waals surface area contributed by atoms with Gasteiger partial charge in [0.25, 0.3) is 0 Å². The molecule has 0 fully saturated rings. The fraction of sp³-hybridized carbons (Fsp3) is 0.600. The van der Waals surface area contributed by atoms with E-state index in [1.165, 1.54) is 19.3 Å². The average Bonchev–Trinajstić information content (AvgIpc) is 1.90. The summed E-state index contributed by atoms with van der Waals surface area (Å²) in [5, 5.41) is 0. The summed E-state index contributed by atoms with van der Waals surface area (Å²) in [6.07, 6.45) is 10.7. The first-order chi connectivity index (χ1) is 4.79. The summed E-state index contributed by atoms with van der Waals surface area (Å²) < 4.78 is 0. The minimum absolute atomic E-state index is 0.746. The van der Waals surface area contributed by atoms with E-state index in [0.717, 1.165) is 5.92 Å². The van der Waals surface area contributed by atoms with Crippen molar-refractivity contribution in [3.8, 4) is 0 Å². The summed E-state index contributed by atoms with van der Waals surface area (Å²) in [5.74, 6) is 0.746. The van der Waals surface area contributed by atoms with E-state index in [9.17, 15) is 0 Å². The molecule has 0 saturated heterocycles. The van der Waals surface area contributed by atoms with Crippen LogP contribution in [0.3, 0.4) is 0 Å². The van der Waals surface area contributed by atoms with Crippen LogP contribution in [0.2, 0.25) is 0 Å². The summed E-state index contributed by atoms with van der Waals surface area (Å²) in [5.41, 5.74) is 1.55. The van der Waals surface area contributed by atoms with Crippen LogP contribution in [0.5, 0.6) is 0 Å². The standard InChI is InChI=1S/C10H16/c1-9-5-3-4-6-10(2)8-7-9/h3,5,8-9H,4,6-7H2,1-2H3. The van der Waals surface area contributed by atoms with Crippen molar-refractivity contribution in [2.75, 3.05) is 0 Å². The third-order valence-electron chi connectivity index (χ3n) is 2.01. The average molecular weight is 136 g/mol. The molecular formula is C10H16. The molecule has 0 heterocycles. The summed E-state index contributed by atoms with van der Waals surface area (Å²) in [6, 6.07) is 0. The predicted molar refractivity (Wildman–Crippen MR) is 45.9 cm³/mol. The van der Waals surface area contributed by atoms with Gasteiger partial charge in [0, 0.05) is 0 Å². The molecule has 0 N–H and O–H groups in total. The van der Waals surface area contributed by atoms with E-state index in [2.05, 4.69) is 32.1 Å². The van der Waals surface area contributed by atoms with Crippen molar-refractivity contribution >= 4 is 0 Å². The Morgan fingerprint density at radius 3 is 3.10 bits per heavy atom. The van der Waals surface area contributed by atoms with Crippen LogP contribution in [0.4, 0.5) is 0 Å². The molecule has 0 amide bonds. The van der Waals surface area contributed by atoms with Crippen LogP contribution in [0.25, 0.3) is 0 Å². The zero-order valence-corrected chi connectivity index (χ0v) is 6.93. The van der Waals surface area contributed by atoms with Crippen molar-refractivity contribution in [2.24, 2.45) is 5.92 Å². The smallest absolute Gasteiger partial charge is 0.0227 e. The molecule has 0 heteroatoms. The molecule has 0 aromatic heterocycles. The summed E-state index contributed by atoms with van der Waals surface area (Å²) in [4.78, 5) is 0. The summed E-state index contributed by atoms with van der Waals surface area (Å²) >= 11 is 0. The normalized spacial score (nSPS) is 27.0. The topological polar surface area (TPSA) is 0 Å². The third kappa shape index (κ3) is 2.38. The summed E-state index contributed by atoms with van der Waals surface area (Å²) in [6.45, 7) is 4.50. The van der Waals surface area contributed by atoms with Crippen LogP contribution in [0.1, 0.15) is 33.1 Å². The van der Waals surface area contributed by atoms with Crippen molar-refractivity contribution < 1.29 is 0 Å². The van der Waals surface area contributed by atoms with Crippen LogP contribution in [0.15, 0.2) is 23.8 Å². The lowest BCUT2D eigenvalue weighted by atomic mass is 10.00. The minimum Gasteiger partial charge on any atom is -0.0879 e. The lowest BCUT2D eigenvalue weighted by molar-refractivity contribution is 0.722. The molecule has 0 aromatic rings. The molecule has 10 heavy (non-hydrogen) atoms. The molecule has 0 saturated carbocycles. The monoisotopic (exact) mass is 136 g/mol. The first-order valence-corrected chi connectivity index (χ1v) is 4.11. The van der Waals surface area contributed by atoms with Crippen molar-refractivity contribution in [1.82, 2.24) is 0 Å². The number of hydrogen-bond donors (Lipinski definition) is 0. The molecule has 1 unspecified atom stereocenters. The molecule has 0 radical (unpaired) electrons. The van der Waals surface area contributed by atoms with Gasteiger partial charge in [0.15, 0.2) is 0 Å². The molecule has 1 aliphatic carbocycles. The van der Waals surface area contributed by atoms with Gasteiger partial charge in [-0.25, -0.2) is 0 Å². The molecule has 1 rings (SSSR count). The lowest BCUT2D eigenvalue weighted by Crippen LogP contribution is -1.90. The highest BCUT2D eigenvalue weighted by Gasteiger charge is 1.97. The Hall–Kier alpha value is -0.520. The second kappa shape index (κ2) is 3.60. The van der Waals surface area contributed by atoms with Crippen molar-refractivity contribution in [1.29, 1.82) is 0 Å². The van der Waals surface area contributed by atoms with Crippen LogP contribution >= 0.6 is 0 Å². The van der Waals surface area contributed by atoms with E-state index < -0.39 is 0 Å². The SMILES string of the molecule is CC1=CCC(C)C=CCC1. The Bertz CT molecular complexity index is 151. The maximum Gasteiger partial charge on any atom is -0.0227 e. The molecule has 0 nitrogen and oxygen atoms in total. The van der Waals surface area contributed by atoms with E-state index in [0.29, 0.717) is 0 Å². The van der Waals surface area contributed by atoms with E-state index in [-0.39, 0.29) is 0 Å². The van der Waals surface area contributed by atoms with Crippen molar-refractivity contribution in [3.63, 3.8) is 0 Å². The van der Waals surface area contributed by atoms with E-state index in [1.807, 2.05) is 0 Å². The van der Waals surface area contributed by atoms with E-state index in [1.54, 1.807) is 5.57 Å². The van der Waals surface area contributed by atoms with Gasteiger partial charge in [-0.15, -0.1) is 0 Å². The molecule has 56 valence electrons. The fourth-order valence-electron chi connectivity index (χ4n) is 1.21. The van der Waals surface area contributed by atoms with Crippen molar-refractivity contribution in [3.05, 3.63) is 23.8 Å². The molecule has 1 atom stereocenters. The van der Waals surface area contributed by atoms with Gasteiger partial charge in [-0.3, -0.25) is 0 Å². The van der Waals surface area contributed by atoms with Crippen LogP contribution < -0.4 is 0 Å². The number of rotatable bonds is 0. The molecule has 0 bridgehead atoms. The highest BCUT2D eigenvalue weighted by atomic mass is 14.0. The van der Waals surface area contributed by atoms with Crippen LogP contribution in [-0.4, -0.2) is 0 Å². The summed E-state index contributed by atoms with van der Waals surface area (Å²) in [7, 11) is 0. The Morgan fingerprint density at radius 2 is 2.30 bits per heavy atom. The van der Waals surface area contributed by atoms with Crippen LogP contribution in [-0.2, 0) is 0 Å². The van der Waals surface area contributed by atoms with Gasteiger partial charge in [0.2, 0.25) is 0 Å². The Morgan fingerprint density at radius 1 is 1.50 bits per heavy atom. The number of allylic oxidation sites excluding steroid dienone is 4. The van der Waals surface area contributed by atoms with Gasteiger partial charge in [0.05, 0.1) is 0 Å². The fourth-order valence-corrected chi connectivity index (χ4v) is 1.21. The first kappa shape index (κ1) is 7.59. The van der Waals surface area contributed by atoms with Gasteiger partial charge < -0.3 is 0 Å². The van der Waals surface area contributed by atoms with Gasteiger partial charge in [-0.1, -0.05) is 30.7 Å². The van der Waals surface area contributed by atoms with Crippen molar-refractivity contribution in [2.45, 2.75) is 33.1 Å². The minimum atomic E-state index is 0.746. The van der Waals surface area contributed by atoms with Gasteiger partial charge >= 0.3 is 0 Å². The number of hydrogen-bond acceptors (Lipinski definition) is 0. The second-order valence-corrected chi connectivity index (χ2v) is 3.23.